The topological polar surface area (TPSA) is 26.0 Å². The lowest BCUT2D eigenvalue weighted by Crippen LogP contribution is -2.11. The first-order valence-corrected chi connectivity index (χ1v) is 5.15. The SMILES string of the molecule is CC(CN)CCc1cc(Cl)ccc1F. The average molecular weight is 216 g/mol. The van der Waals surface area contributed by atoms with Crippen molar-refractivity contribution in [3.63, 3.8) is 0 Å². The molecule has 0 aliphatic rings. The van der Waals surface area contributed by atoms with Crippen LogP contribution in [0, 0.1) is 11.7 Å². The van der Waals surface area contributed by atoms with E-state index in [1.165, 1.54) is 6.07 Å². The second-order valence-electron chi connectivity index (χ2n) is 3.62. The number of halogens is 2. The van der Waals surface area contributed by atoms with Gasteiger partial charge in [0.25, 0.3) is 0 Å². The van der Waals surface area contributed by atoms with E-state index in [1.54, 1.807) is 12.1 Å². The molecule has 0 aromatic heterocycles. The zero-order valence-electron chi connectivity index (χ0n) is 8.26. The molecule has 0 saturated carbocycles. The highest BCUT2D eigenvalue weighted by molar-refractivity contribution is 6.30. The minimum Gasteiger partial charge on any atom is -0.330 e. The van der Waals surface area contributed by atoms with Crippen molar-refractivity contribution in [3.05, 3.63) is 34.6 Å². The molecule has 2 N–H and O–H groups in total. The van der Waals surface area contributed by atoms with Crippen LogP contribution in [0.2, 0.25) is 5.02 Å². The molecule has 3 heteroatoms. The van der Waals surface area contributed by atoms with E-state index in [-0.39, 0.29) is 5.82 Å². The van der Waals surface area contributed by atoms with Crippen LogP contribution >= 0.6 is 11.6 Å². The minimum absolute atomic E-state index is 0.182. The predicted octanol–water partition coefficient (Wildman–Crippen LogP) is 3.01. The van der Waals surface area contributed by atoms with Crippen molar-refractivity contribution in [2.75, 3.05) is 6.54 Å². The summed E-state index contributed by atoms with van der Waals surface area (Å²) in [5, 5.41) is 0.585. The van der Waals surface area contributed by atoms with Crippen LogP contribution in [0.4, 0.5) is 4.39 Å². The van der Waals surface area contributed by atoms with Gasteiger partial charge in [-0.2, -0.15) is 0 Å². The number of aryl methyl sites for hydroxylation is 1. The molecular formula is C11H15ClFN. The van der Waals surface area contributed by atoms with E-state index < -0.39 is 0 Å². The molecular weight excluding hydrogens is 201 g/mol. The Bertz CT molecular complexity index is 301. The number of nitrogens with two attached hydrogens (primary N) is 1. The van der Waals surface area contributed by atoms with Crippen LogP contribution in [-0.4, -0.2) is 6.54 Å². The van der Waals surface area contributed by atoms with E-state index in [0.717, 1.165) is 6.42 Å². The number of hydrogen-bond donors (Lipinski definition) is 1. The molecule has 0 bridgehead atoms. The maximum absolute atomic E-state index is 13.2. The Morgan fingerprint density at radius 1 is 1.50 bits per heavy atom. The van der Waals surface area contributed by atoms with Gasteiger partial charge in [0.15, 0.2) is 0 Å². The highest BCUT2D eigenvalue weighted by atomic mass is 35.5. The van der Waals surface area contributed by atoms with Gasteiger partial charge in [0.05, 0.1) is 0 Å². The number of hydrogen-bond acceptors (Lipinski definition) is 1. The Labute approximate surface area is 89.1 Å². The normalized spacial score (nSPS) is 12.9. The van der Waals surface area contributed by atoms with Crippen LogP contribution < -0.4 is 5.73 Å². The van der Waals surface area contributed by atoms with Gasteiger partial charge in [-0.15, -0.1) is 0 Å². The molecule has 1 aromatic rings. The van der Waals surface area contributed by atoms with Crippen molar-refractivity contribution in [1.29, 1.82) is 0 Å². The molecule has 1 nitrogen and oxygen atoms in total. The van der Waals surface area contributed by atoms with Gasteiger partial charge in [0.1, 0.15) is 5.82 Å². The van der Waals surface area contributed by atoms with Gasteiger partial charge in [0, 0.05) is 5.02 Å². The number of rotatable bonds is 4. The van der Waals surface area contributed by atoms with Gasteiger partial charge in [-0.3, -0.25) is 0 Å². The zero-order valence-corrected chi connectivity index (χ0v) is 9.02. The first kappa shape index (κ1) is 11.5. The third-order valence-corrected chi connectivity index (χ3v) is 2.55. The summed E-state index contributed by atoms with van der Waals surface area (Å²) < 4.78 is 13.2. The van der Waals surface area contributed by atoms with Crippen molar-refractivity contribution in [3.8, 4) is 0 Å². The summed E-state index contributed by atoms with van der Waals surface area (Å²) in [7, 11) is 0. The fourth-order valence-corrected chi connectivity index (χ4v) is 1.45. The van der Waals surface area contributed by atoms with Gasteiger partial charge in [0.2, 0.25) is 0 Å². The Hall–Kier alpha value is -0.600. The summed E-state index contributed by atoms with van der Waals surface area (Å²) in [5.41, 5.74) is 6.16. The standard InChI is InChI=1S/C11H15ClFN/c1-8(7-14)2-3-9-6-10(12)4-5-11(9)13/h4-6,8H,2-3,7,14H2,1H3. The molecule has 78 valence electrons. The third-order valence-electron chi connectivity index (χ3n) is 2.32. The molecule has 0 aliphatic heterocycles. The van der Waals surface area contributed by atoms with Crippen molar-refractivity contribution in [2.24, 2.45) is 11.7 Å². The molecule has 1 atom stereocenters. The highest BCUT2D eigenvalue weighted by Crippen LogP contribution is 2.17. The first-order valence-electron chi connectivity index (χ1n) is 4.77. The van der Waals surface area contributed by atoms with E-state index in [2.05, 4.69) is 6.92 Å². The molecule has 0 aliphatic carbocycles. The van der Waals surface area contributed by atoms with Crippen LogP contribution in [0.5, 0.6) is 0 Å². The van der Waals surface area contributed by atoms with Crippen molar-refractivity contribution in [2.45, 2.75) is 19.8 Å². The molecule has 1 rings (SSSR count). The third kappa shape index (κ3) is 3.28. The summed E-state index contributed by atoms with van der Waals surface area (Å²) >= 11 is 5.77. The van der Waals surface area contributed by atoms with E-state index in [9.17, 15) is 4.39 Å². The first-order chi connectivity index (χ1) is 6.63. The van der Waals surface area contributed by atoms with Crippen molar-refractivity contribution >= 4 is 11.6 Å². The lowest BCUT2D eigenvalue weighted by molar-refractivity contribution is 0.529. The quantitative estimate of drug-likeness (QED) is 0.821. The lowest BCUT2D eigenvalue weighted by atomic mass is 10.0. The molecule has 0 amide bonds. The summed E-state index contributed by atoms with van der Waals surface area (Å²) in [4.78, 5) is 0. The van der Waals surface area contributed by atoms with Crippen molar-refractivity contribution in [1.82, 2.24) is 0 Å². The fraction of sp³-hybridized carbons (Fsp3) is 0.455. The van der Waals surface area contributed by atoms with Gasteiger partial charge in [-0.25, -0.2) is 4.39 Å². The maximum atomic E-state index is 13.2. The zero-order chi connectivity index (χ0) is 10.6. The van der Waals surface area contributed by atoms with Gasteiger partial charge >= 0.3 is 0 Å². The maximum Gasteiger partial charge on any atom is 0.126 e. The lowest BCUT2D eigenvalue weighted by Gasteiger charge is -2.08. The summed E-state index contributed by atoms with van der Waals surface area (Å²) in [6.45, 7) is 2.70. The molecule has 14 heavy (non-hydrogen) atoms. The van der Waals surface area contributed by atoms with Crippen molar-refractivity contribution < 1.29 is 4.39 Å². The fourth-order valence-electron chi connectivity index (χ4n) is 1.25. The van der Waals surface area contributed by atoms with Crippen LogP contribution in [0.3, 0.4) is 0 Å². The number of benzene rings is 1. The van der Waals surface area contributed by atoms with E-state index in [1.807, 2.05) is 0 Å². The monoisotopic (exact) mass is 215 g/mol. The molecule has 0 spiro atoms. The average Bonchev–Trinajstić information content (AvgIpc) is 2.19. The molecule has 1 unspecified atom stereocenters. The second-order valence-corrected chi connectivity index (χ2v) is 4.05. The Kier molecular flexibility index (Phi) is 4.36. The van der Waals surface area contributed by atoms with Gasteiger partial charge < -0.3 is 5.73 Å². The van der Waals surface area contributed by atoms with Crippen LogP contribution in [-0.2, 0) is 6.42 Å². The molecule has 0 radical (unpaired) electrons. The molecule has 0 saturated heterocycles. The second kappa shape index (κ2) is 5.32. The summed E-state index contributed by atoms with van der Waals surface area (Å²) in [6.07, 6.45) is 1.60. The van der Waals surface area contributed by atoms with E-state index >= 15 is 0 Å². The van der Waals surface area contributed by atoms with Gasteiger partial charge in [-0.05, 0) is 49.1 Å². The summed E-state index contributed by atoms with van der Waals surface area (Å²) in [5.74, 6) is 0.243. The van der Waals surface area contributed by atoms with Crippen LogP contribution in [0.15, 0.2) is 18.2 Å². The largest absolute Gasteiger partial charge is 0.330 e. The van der Waals surface area contributed by atoms with Crippen LogP contribution in [0.1, 0.15) is 18.9 Å². The Morgan fingerprint density at radius 3 is 2.86 bits per heavy atom. The molecule has 0 heterocycles. The molecule has 1 aromatic carbocycles. The Morgan fingerprint density at radius 2 is 2.21 bits per heavy atom. The van der Waals surface area contributed by atoms with E-state index in [0.29, 0.717) is 29.5 Å². The predicted molar refractivity (Wildman–Crippen MR) is 57.9 cm³/mol. The Balaban J connectivity index is 2.62. The molecule has 0 fully saturated rings. The van der Waals surface area contributed by atoms with Gasteiger partial charge in [-0.1, -0.05) is 18.5 Å². The smallest absolute Gasteiger partial charge is 0.126 e. The summed E-state index contributed by atoms with van der Waals surface area (Å²) in [6, 6.07) is 4.65. The van der Waals surface area contributed by atoms with E-state index in [4.69, 9.17) is 17.3 Å². The highest BCUT2D eigenvalue weighted by Gasteiger charge is 2.05. The van der Waals surface area contributed by atoms with Crippen LogP contribution in [0.25, 0.3) is 0 Å². The minimum atomic E-state index is -0.182.